The minimum atomic E-state index is -0.308. The Morgan fingerprint density at radius 1 is 1.68 bits per heavy atom. The van der Waals surface area contributed by atoms with Crippen LogP contribution in [0.2, 0.25) is 0 Å². The molecular formula is C13H19N3O3. The number of ether oxygens (including phenoxy) is 1. The third-order valence-corrected chi connectivity index (χ3v) is 3.21. The summed E-state index contributed by atoms with van der Waals surface area (Å²) >= 11 is 0. The van der Waals surface area contributed by atoms with Gasteiger partial charge in [-0.3, -0.25) is 14.7 Å². The van der Waals surface area contributed by atoms with E-state index in [1.807, 2.05) is 0 Å². The normalized spacial score (nSPS) is 20.2. The van der Waals surface area contributed by atoms with Crippen LogP contribution in [0, 0.1) is 0 Å². The minimum Gasteiger partial charge on any atom is -0.505 e. The predicted molar refractivity (Wildman–Crippen MR) is 70.1 cm³/mol. The van der Waals surface area contributed by atoms with Crippen LogP contribution < -0.4 is 5.32 Å². The van der Waals surface area contributed by atoms with E-state index in [0.29, 0.717) is 13.2 Å². The fraction of sp³-hybridized carbons (Fsp3) is 0.538. The lowest BCUT2D eigenvalue weighted by atomic mass is 10.2. The first-order chi connectivity index (χ1) is 9.20. The van der Waals surface area contributed by atoms with Gasteiger partial charge in [-0.2, -0.15) is 0 Å². The van der Waals surface area contributed by atoms with Crippen molar-refractivity contribution in [3.8, 4) is 5.75 Å². The summed E-state index contributed by atoms with van der Waals surface area (Å²) in [7, 11) is 0. The van der Waals surface area contributed by atoms with Crippen molar-refractivity contribution < 1.29 is 14.6 Å². The number of carbonyl (C=O) groups excluding carboxylic acids is 1. The molecule has 0 aliphatic carbocycles. The van der Waals surface area contributed by atoms with Crippen molar-refractivity contribution in [1.29, 1.82) is 0 Å². The molecule has 1 aromatic rings. The van der Waals surface area contributed by atoms with Crippen molar-refractivity contribution in [3.63, 3.8) is 0 Å². The van der Waals surface area contributed by atoms with E-state index < -0.39 is 0 Å². The number of hydrogen-bond acceptors (Lipinski definition) is 5. The Balaban J connectivity index is 1.85. The van der Waals surface area contributed by atoms with Crippen LogP contribution in [0.25, 0.3) is 0 Å². The zero-order valence-electron chi connectivity index (χ0n) is 11.0. The Kier molecular flexibility index (Phi) is 4.70. The van der Waals surface area contributed by atoms with Gasteiger partial charge in [-0.15, -0.1) is 0 Å². The number of aromatic hydroxyl groups is 1. The molecule has 19 heavy (non-hydrogen) atoms. The number of pyridine rings is 1. The van der Waals surface area contributed by atoms with Gasteiger partial charge in [0.15, 0.2) is 0 Å². The summed E-state index contributed by atoms with van der Waals surface area (Å²) in [5.74, 6) is -0.420. The molecule has 0 aromatic carbocycles. The lowest BCUT2D eigenvalue weighted by Gasteiger charge is -2.32. The van der Waals surface area contributed by atoms with Gasteiger partial charge in [0.05, 0.1) is 24.5 Å². The van der Waals surface area contributed by atoms with Crippen molar-refractivity contribution in [2.45, 2.75) is 13.0 Å². The predicted octanol–water partition coefficient (Wildman–Crippen LogP) is 0.238. The maximum Gasteiger partial charge on any atom is 0.255 e. The third-order valence-electron chi connectivity index (χ3n) is 3.21. The number of nitrogens with one attached hydrogen (secondary N) is 1. The number of likely N-dealkylation sites (N-methyl/N-ethyl adjacent to an activating group) is 1. The summed E-state index contributed by atoms with van der Waals surface area (Å²) in [5.41, 5.74) is 0.234. The smallest absolute Gasteiger partial charge is 0.255 e. The summed E-state index contributed by atoms with van der Waals surface area (Å²) < 4.78 is 5.60. The van der Waals surface area contributed by atoms with Gasteiger partial charge in [0.25, 0.3) is 5.91 Å². The Morgan fingerprint density at radius 2 is 2.53 bits per heavy atom. The van der Waals surface area contributed by atoms with E-state index in [-0.39, 0.29) is 23.3 Å². The van der Waals surface area contributed by atoms with Crippen LogP contribution in [0.1, 0.15) is 17.3 Å². The van der Waals surface area contributed by atoms with Crippen molar-refractivity contribution in [2.24, 2.45) is 0 Å². The Morgan fingerprint density at radius 3 is 3.26 bits per heavy atom. The van der Waals surface area contributed by atoms with Gasteiger partial charge in [-0.05, 0) is 12.6 Å². The molecule has 6 heteroatoms. The van der Waals surface area contributed by atoms with Crippen LogP contribution in [0.4, 0.5) is 0 Å². The number of nitrogens with zero attached hydrogens (tertiary/aromatic N) is 2. The van der Waals surface area contributed by atoms with E-state index in [0.717, 1.165) is 19.6 Å². The average molecular weight is 265 g/mol. The molecule has 1 aliphatic heterocycles. The van der Waals surface area contributed by atoms with Crippen LogP contribution in [0.15, 0.2) is 18.5 Å². The van der Waals surface area contributed by atoms with E-state index in [4.69, 9.17) is 4.74 Å². The molecule has 0 spiro atoms. The molecule has 1 unspecified atom stereocenters. The van der Waals surface area contributed by atoms with Gasteiger partial charge in [0.2, 0.25) is 0 Å². The van der Waals surface area contributed by atoms with Gasteiger partial charge in [-0.25, -0.2) is 0 Å². The second kappa shape index (κ2) is 6.49. The molecule has 1 aliphatic rings. The molecule has 2 heterocycles. The maximum absolute atomic E-state index is 11.9. The van der Waals surface area contributed by atoms with Crippen molar-refractivity contribution >= 4 is 5.91 Å². The van der Waals surface area contributed by atoms with E-state index in [1.54, 1.807) is 0 Å². The molecule has 2 N–H and O–H groups in total. The summed E-state index contributed by atoms with van der Waals surface area (Å²) in [4.78, 5) is 17.9. The molecule has 2 rings (SSSR count). The third kappa shape index (κ3) is 3.65. The lowest BCUT2D eigenvalue weighted by molar-refractivity contribution is -0.0246. The Labute approximate surface area is 112 Å². The van der Waals surface area contributed by atoms with Crippen LogP contribution in [-0.4, -0.2) is 59.8 Å². The molecule has 0 saturated carbocycles. The molecule has 104 valence electrons. The average Bonchev–Trinajstić information content (AvgIpc) is 2.45. The highest BCUT2D eigenvalue weighted by Gasteiger charge is 2.20. The Bertz CT molecular complexity index is 439. The van der Waals surface area contributed by atoms with E-state index >= 15 is 0 Å². The summed E-state index contributed by atoms with van der Waals surface area (Å²) in [5, 5.41) is 12.3. The van der Waals surface area contributed by atoms with Gasteiger partial charge < -0.3 is 15.2 Å². The number of rotatable bonds is 4. The molecule has 1 aromatic heterocycles. The highest BCUT2D eigenvalue weighted by molar-refractivity contribution is 5.96. The van der Waals surface area contributed by atoms with Crippen LogP contribution in [-0.2, 0) is 4.74 Å². The zero-order valence-corrected chi connectivity index (χ0v) is 11.0. The first-order valence-corrected chi connectivity index (χ1v) is 6.46. The van der Waals surface area contributed by atoms with Crippen molar-refractivity contribution in [3.05, 3.63) is 24.0 Å². The largest absolute Gasteiger partial charge is 0.505 e. The fourth-order valence-electron chi connectivity index (χ4n) is 2.07. The highest BCUT2D eigenvalue weighted by Crippen LogP contribution is 2.13. The summed E-state index contributed by atoms with van der Waals surface area (Å²) in [6.07, 6.45) is 2.73. The molecule has 0 radical (unpaired) electrons. The van der Waals surface area contributed by atoms with Crippen molar-refractivity contribution in [1.82, 2.24) is 15.2 Å². The number of carbonyl (C=O) groups is 1. The maximum atomic E-state index is 11.9. The Hall–Kier alpha value is -1.66. The summed E-state index contributed by atoms with van der Waals surface area (Å²) in [6, 6.07) is 1.49. The number of aromatic nitrogens is 1. The lowest BCUT2D eigenvalue weighted by Crippen LogP contribution is -2.47. The van der Waals surface area contributed by atoms with Gasteiger partial charge in [0.1, 0.15) is 5.75 Å². The fourth-order valence-corrected chi connectivity index (χ4v) is 2.07. The number of amides is 1. The molecule has 1 atom stereocenters. The molecule has 6 nitrogen and oxygen atoms in total. The molecule has 0 bridgehead atoms. The molecular weight excluding hydrogens is 246 g/mol. The van der Waals surface area contributed by atoms with Gasteiger partial charge in [0, 0.05) is 25.8 Å². The molecule has 1 amide bonds. The number of hydrogen-bond donors (Lipinski definition) is 2. The molecule has 1 fully saturated rings. The quantitative estimate of drug-likeness (QED) is 0.815. The van der Waals surface area contributed by atoms with Gasteiger partial charge in [-0.1, -0.05) is 6.92 Å². The first-order valence-electron chi connectivity index (χ1n) is 6.46. The standard InChI is InChI=1S/C13H19N3O3/c1-2-16-5-6-19-10(9-16)7-15-13(18)11-3-4-14-8-12(11)17/h3-4,8,10,17H,2,5-7,9H2,1H3,(H,15,18). The molecule has 1 saturated heterocycles. The van der Waals surface area contributed by atoms with Crippen LogP contribution in [0.5, 0.6) is 5.75 Å². The minimum absolute atomic E-state index is 0.00151. The SMILES string of the molecule is CCN1CCOC(CNC(=O)c2ccncc2O)C1. The van der Waals surface area contributed by atoms with E-state index in [2.05, 4.69) is 22.1 Å². The van der Waals surface area contributed by atoms with Gasteiger partial charge >= 0.3 is 0 Å². The first kappa shape index (κ1) is 13.8. The second-order valence-corrected chi connectivity index (χ2v) is 4.49. The van der Waals surface area contributed by atoms with Crippen LogP contribution >= 0.6 is 0 Å². The van der Waals surface area contributed by atoms with E-state index in [1.165, 1.54) is 18.5 Å². The van der Waals surface area contributed by atoms with E-state index in [9.17, 15) is 9.90 Å². The summed E-state index contributed by atoms with van der Waals surface area (Å²) in [6.45, 7) is 5.98. The number of morpholine rings is 1. The topological polar surface area (TPSA) is 74.7 Å². The monoisotopic (exact) mass is 265 g/mol. The van der Waals surface area contributed by atoms with Crippen LogP contribution in [0.3, 0.4) is 0 Å². The zero-order chi connectivity index (χ0) is 13.7. The van der Waals surface area contributed by atoms with Crippen molar-refractivity contribution in [2.75, 3.05) is 32.8 Å². The highest BCUT2D eigenvalue weighted by atomic mass is 16.5. The second-order valence-electron chi connectivity index (χ2n) is 4.49.